The lowest BCUT2D eigenvalue weighted by Crippen LogP contribution is -2.72. The zero-order valence-electron chi connectivity index (χ0n) is 16.4. The summed E-state index contributed by atoms with van der Waals surface area (Å²) in [4.78, 5) is 4.78. The molecule has 1 spiro atoms. The van der Waals surface area contributed by atoms with Crippen LogP contribution < -0.4 is 10.6 Å². The van der Waals surface area contributed by atoms with Gasteiger partial charge in [-0.15, -0.1) is 24.0 Å². The molecule has 0 aromatic rings. The molecule has 4 atom stereocenters. The summed E-state index contributed by atoms with van der Waals surface area (Å²) in [7, 11) is -2.83. The molecule has 2 heterocycles. The summed E-state index contributed by atoms with van der Waals surface area (Å²) in [5.74, 6) is 2.81. The zero-order chi connectivity index (χ0) is 18.4. The van der Waals surface area contributed by atoms with E-state index in [1.165, 1.54) is 19.3 Å². The Hall–Kier alpha value is -0.0900. The molecule has 2 saturated heterocycles. The van der Waals surface area contributed by atoms with E-state index >= 15 is 0 Å². The predicted molar refractivity (Wildman–Crippen MR) is 118 cm³/mol. The number of sulfone groups is 1. The van der Waals surface area contributed by atoms with Gasteiger partial charge in [0.2, 0.25) is 0 Å². The smallest absolute Gasteiger partial charge is 0.191 e. The predicted octanol–water partition coefficient (Wildman–Crippen LogP) is 2.19. The van der Waals surface area contributed by atoms with Crippen molar-refractivity contribution in [2.45, 2.75) is 58.1 Å². The second-order valence-corrected chi connectivity index (χ2v) is 11.4. The second kappa shape index (κ2) is 8.34. The van der Waals surface area contributed by atoms with Crippen LogP contribution in [0.4, 0.5) is 0 Å². The molecule has 2 aliphatic heterocycles. The van der Waals surface area contributed by atoms with Gasteiger partial charge in [0.15, 0.2) is 15.8 Å². The number of ether oxygens (including phenoxy) is 1. The van der Waals surface area contributed by atoms with Gasteiger partial charge in [-0.25, -0.2) is 8.42 Å². The van der Waals surface area contributed by atoms with Crippen molar-refractivity contribution in [3.05, 3.63) is 0 Å². The number of halogens is 1. The minimum Gasteiger partial charge on any atom is -0.377 e. The number of guanidine groups is 1. The average molecular weight is 511 g/mol. The Bertz CT molecular complexity index is 663. The number of fused-ring (bicyclic) bond motifs is 2. The largest absolute Gasteiger partial charge is 0.377 e. The molecule has 8 heteroatoms. The highest BCUT2D eigenvalue weighted by molar-refractivity contribution is 14.0. The lowest BCUT2D eigenvalue weighted by atomic mass is 9.46. The van der Waals surface area contributed by atoms with Crippen molar-refractivity contribution in [1.82, 2.24) is 10.6 Å². The third-order valence-corrected chi connectivity index (χ3v) is 8.66. The highest BCUT2D eigenvalue weighted by atomic mass is 127. The van der Waals surface area contributed by atoms with Gasteiger partial charge in [-0.3, -0.25) is 4.99 Å². The van der Waals surface area contributed by atoms with Crippen molar-refractivity contribution in [2.24, 2.45) is 28.2 Å². The van der Waals surface area contributed by atoms with E-state index < -0.39 is 9.84 Å². The summed E-state index contributed by atoms with van der Waals surface area (Å²) < 4.78 is 29.4. The first kappa shape index (κ1) is 21.6. The number of hydrogen-bond donors (Lipinski definition) is 2. The molecular formula is C19H34IN3O3S. The number of rotatable bonds is 5. The van der Waals surface area contributed by atoms with Crippen LogP contribution in [-0.4, -0.2) is 57.7 Å². The van der Waals surface area contributed by atoms with Crippen LogP contribution in [0.15, 0.2) is 4.99 Å². The second-order valence-electron chi connectivity index (χ2n) is 9.19. The molecule has 27 heavy (non-hydrogen) atoms. The Morgan fingerprint density at radius 2 is 2.07 bits per heavy atom. The maximum Gasteiger partial charge on any atom is 0.191 e. The lowest BCUT2D eigenvalue weighted by molar-refractivity contribution is -0.171. The Morgan fingerprint density at radius 1 is 1.30 bits per heavy atom. The van der Waals surface area contributed by atoms with Crippen LogP contribution >= 0.6 is 24.0 Å². The van der Waals surface area contributed by atoms with Crippen LogP contribution in [0.1, 0.15) is 46.0 Å². The van der Waals surface area contributed by atoms with Crippen LogP contribution in [0.25, 0.3) is 0 Å². The molecule has 4 fully saturated rings. The Morgan fingerprint density at radius 3 is 2.67 bits per heavy atom. The van der Waals surface area contributed by atoms with Gasteiger partial charge in [-0.1, -0.05) is 20.3 Å². The molecule has 0 aromatic heterocycles. The van der Waals surface area contributed by atoms with E-state index in [-0.39, 0.29) is 29.9 Å². The summed E-state index contributed by atoms with van der Waals surface area (Å²) in [6.45, 7) is 6.70. The molecular weight excluding hydrogens is 477 g/mol. The summed E-state index contributed by atoms with van der Waals surface area (Å²) in [5, 5.41) is 7.18. The van der Waals surface area contributed by atoms with Crippen LogP contribution in [-0.2, 0) is 14.6 Å². The van der Waals surface area contributed by atoms with E-state index in [9.17, 15) is 8.42 Å². The van der Waals surface area contributed by atoms with Gasteiger partial charge in [-0.2, -0.15) is 0 Å². The molecule has 0 radical (unpaired) electrons. The van der Waals surface area contributed by atoms with Gasteiger partial charge in [-0.05, 0) is 37.5 Å². The molecule has 6 nitrogen and oxygen atoms in total. The molecule has 4 aliphatic rings. The third-order valence-electron chi connectivity index (χ3n) is 6.83. The number of hydrogen-bond acceptors (Lipinski definition) is 4. The van der Waals surface area contributed by atoms with E-state index in [1.807, 2.05) is 0 Å². The van der Waals surface area contributed by atoms with Gasteiger partial charge < -0.3 is 15.4 Å². The standard InChI is InChI=1S/C19H33N3O3S.HI/c1-13(2)10-20-18(21-11-14-5-9-26(23,24)12-14)22-16-15-4-8-25-17(15)19(16)6-3-7-19;/h13-17H,3-12H2,1-2H3,(H2,20,21,22);1H. The minimum absolute atomic E-state index is 0. The fourth-order valence-electron chi connectivity index (χ4n) is 5.30. The minimum atomic E-state index is -2.83. The average Bonchev–Trinajstić information content (AvgIpc) is 3.09. The maximum atomic E-state index is 11.7. The van der Waals surface area contributed by atoms with E-state index in [2.05, 4.69) is 24.5 Å². The zero-order valence-corrected chi connectivity index (χ0v) is 19.6. The molecule has 0 amide bonds. The fourth-order valence-corrected chi connectivity index (χ4v) is 7.17. The van der Waals surface area contributed by atoms with Crippen molar-refractivity contribution < 1.29 is 13.2 Å². The molecule has 2 aliphatic carbocycles. The highest BCUT2D eigenvalue weighted by Gasteiger charge is 2.66. The monoisotopic (exact) mass is 511 g/mol. The first-order chi connectivity index (χ1) is 12.4. The van der Waals surface area contributed by atoms with E-state index in [0.717, 1.165) is 32.0 Å². The van der Waals surface area contributed by atoms with Crippen molar-refractivity contribution in [3.63, 3.8) is 0 Å². The van der Waals surface area contributed by atoms with Crippen molar-refractivity contribution in [3.8, 4) is 0 Å². The van der Waals surface area contributed by atoms with E-state index in [0.29, 0.717) is 47.4 Å². The maximum absolute atomic E-state index is 11.7. The summed E-state index contributed by atoms with van der Waals surface area (Å²) >= 11 is 0. The van der Waals surface area contributed by atoms with Crippen molar-refractivity contribution in [1.29, 1.82) is 0 Å². The van der Waals surface area contributed by atoms with Crippen LogP contribution in [0.3, 0.4) is 0 Å². The lowest BCUT2D eigenvalue weighted by Gasteiger charge is -2.63. The van der Waals surface area contributed by atoms with Gasteiger partial charge in [0.05, 0.1) is 17.6 Å². The van der Waals surface area contributed by atoms with Gasteiger partial charge in [0.25, 0.3) is 0 Å². The van der Waals surface area contributed by atoms with Gasteiger partial charge in [0.1, 0.15) is 0 Å². The molecule has 2 saturated carbocycles. The molecule has 4 unspecified atom stereocenters. The van der Waals surface area contributed by atoms with Crippen LogP contribution in [0.5, 0.6) is 0 Å². The molecule has 0 bridgehead atoms. The van der Waals surface area contributed by atoms with E-state index in [1.54, 1.807) is 0 Å². The van der Waals surface area contributed by atoms with Gasteiger partial charge >= 0.3 is 0 Å². The molecule has 4 rings (SSSR count). The number of aliphatic imine (C=N–C) groups is 1. The molecule has 0 aromatic carbocycles. The van der Waals surface area contributed by atoms with Gasteiger partial charge in [0, 0.05) is 37.1 Å². The van der Waals surface area contributed by atoms with Crippen LogP contribution in [0, 0.1) is 23.2 Å². The normalized spacial score (nSPS) is 35.9. The number of nitrogens with one attached hydrogen (secondary N) is 2. The highest BCUT2D eigenvalue weighted by Crippen LogP contribution is 2.62. The Labute approximate surface area is 180 Å². The Kier molecular flexibility index (Phi) is 6.68. The molecule has 156 valence electrons. The third kappa shape index (κ3) is 4.27. The van der Waals surface area contributed by atoms with Crippen molar-refractivity contribution >= 4 is 39.8 Å². The first-order valence-electron chi connectivity index (χ1n) is 10.3. The van der Waals surface area contributed by atoms with Crippen LogP contribution in [0.2, 0.25) is 0 Å². The summed E-state index contributed by atoms with van der Waals surface area (Å²) in [6.07, 6.45) is 6.16. The Balaban J connectivity index is 0.00000210. The summed E-state index contributed by atoms with van der Waals surface area (Å²) in [5.41, 5.74) is 0.318. The first-order valence-corrected chi connectivity index (χ1v) is 12.1. The SMILES string of the molecule is CC(C)CN=C(NCC1CCS(=O)(=O)C1)NC1C2CCOC2C12CCC2.I. The quantitative estimate of drug-likeness (QED) is 0.336. The van der Waals surface area contributed by atoms with Crippen molar-refractivity contribution in [2.75, 3.05) is 31.2 Å². The summed E-state index contributed by atoms with van der Waals surface area (Å²) in [6, 6.07) is 0.453. The van der Waals surface area contributed by atoms with E-state index in [4.69, 9.17) is 9.73 Å². The topological polar surface area (TPSA) is 79.8 Å². The fraction of sp³-hybridized carbons (Fsp3) is 0.947. The number of nitrogens with zero attached hydrogens (tertiary/aromatic N) is 1. The molecule has 2 N–H and O–H groups in total.